The number of anilines is 1. The minimum Gasteiger partial charge on any atom is -0.439 e. The second-order valence-corrected chi connectivity index (χ2v) is 3.37. The highest BCUT2D eigenvalue weighted by Gasteiger charge is 2.13. The van der Waals surface area contributed by atoms with Gasteiger partial charge in [-0.3, -0.25) is 10.1 Å². The molecule has 0 aliphatic heterocycles. The number of pyridine rings is 1. The SMILES string of the molecule is Nc1nc(Oc2ccc(F)cc2)ccc1[N+](=O)[O-]. The molecule has 7 heteroatoms. The Labute approximate surface area is 101 Å². The van der Waals surface area contributed by atoms with E-state index in [1.54, 1.807) is 0 Å². The molecule has 0 aliphatic carbocycles. The van der Waals surface area contributed by atoms with Gasteiger partial charge in [-0.05, 0) is 24.3 Å². The third-order valence-corrected chi connectivity index (χ3v) is 2.11. The number of halogens is 1. The van der Waals surface area contributed by atoms with Crippen molar-refractivity contribution in [2.24, 2.45) is 0 Å². The Morgan fingerprint density at radius 2 is 1.89 bits per heavy atom. The van der Waals surface area contributed by atoms with Gasteiger partial charge in [0.05, 0.1) is 4.92 Å². The van der Waals surface area contributed by atoms with Gasteiger partial charge in [0, 0.05) is 12.1 Å². The smallest absolute Gasteiger partial charge is 0.311 e. The van der Waals surface area contributed by atoms with Crippen molar-refractivity contribution < 1.29 is 14.1 Å². The van der Waals surface area contributed by atoms with Gasteiger partial charge in [-0.2, -0.15) is 4.98 Å². The number of nitrogens with zero attached hydrogens (tertiary/aromatic N) is 2. The van der Waals surface area contributed by atoms with Crippen LogP contribution in [0, 0.1) is 15.9 Å². The fraction of sp³-hybridized carbons (Fsp3) is 0. The normalized spacial score (nSPS) is 10.1. The first-order chi connectivity index (χ1) is 8.56. The average Bonchev–Trinajstić information content (AvgIpc) is 2.32. The van der Waals surface area contributed by atoms with E-state index in [0.717, 1.165) is 0 Å². The molecule has 0 unspecified atom stereocenters. The molecule has 0 aliphatic rings. The van der Waals surface area contributed by atoms with E-state index in [-0.39, 0.29) is 17.4 Å². The summed E-state index contributed by atoms with van der Waals surface area (Å²) in [4.78, 5) is 13.6. The number of nitrogen functional groups attached to an aromatic ring is 1. The molecule has 18 heavy (non-hydrogen) atoms. The summed E-state index contributed by atoms with van der Waals surface area (Å²) in [6.07, 6.45) is 0. The first-order valence-corrected chi connectivity index (χ1v) is 4.90. The molecule has 6 nitrogen and oxygen atoms in total. The molecule has 2 aromatic rings. The van der Waals surface area contributed by atoms with E-state index < -0.39 is 10.7 Å². The van der Waals surface area contributed by atoms with Crippen LogP contribution in [0.15, 0.2) is 36.4 Å². The maximum atomic E-state index is 12.7. The van der Waals surface area contributed by atoms with Crippen LogP contribution in [0.2, 0.25) is 0 Å². The molecule has 0 bridgehead atoms. The Morgan fingerprint density at radius 1 is 1.22 bits per heavy atom. The maximum absolute atomic E-state index is 12.7. The van der Waals surface area contributed by atoms with Crippen LogP contribution in [-0.2, 0) is 0 Å². The summed E-state index contributed by atoms with van der Waals surface area (Å²) in [7, 11) is 0. The van der Waals surface area contributed by atoms with Gasteiger partial charge >= 0.3 is 5.69 Å². The van der Waals surface area contributed by atoms with Crippen LogP contribution in [0.4, 0.5) is 15.9 Å². The van der Waals surface area contributed by atoms with Crippen molar-refractivity contribution in [2.45, 2.75) is 0 Å². The van der Waals surface area contributed by atoms with E-state index in [1.165, 1.54) is 36.4 Å². The predicted molar refractivity (Wildman–Crippen MR) is 61.8 cm³/mol. The van der Waals surface area contributed by atoms with Gasteiger partial charge in [0.15, 0.2) is 0 Å². The third-order valence-electron chi connectivity index (χ3n) is 2.11. The molecule has 1 aromatic carbocycles. The Morgan fingerprint density at radius 3 is 2.44 bits per heavy atom. The highest BCUT2D eigenvalue weighted by molar-refractivity contribution is 5.53. The lowest BCUT2D eigenvalue weighted by Gasteiger charge is -2.05. The summed E-state index contributed by atoms with van der Waals surface area (Å²) < 4.78 is 17.9. The minimum absolute atomic E-state index is 0.102. The molecule has 92 valence electrons. The molecule has 1 aromatic heterocycles. The Balaban J connectivity index is 2.22. The molecule has 0 amide bonds. The summed E-state index contributed by atoms with van der Waals surface area (Å²) >= 11 is 0. The van der Waals surface area contributed by atoms with Crippen molar-refractivity contribution in [3.63, 3.8) is 0 Å². The van der Waals surface area contributed by atoms with E-state index in [0.29, 0.717) is 5.75 Å². The number of nitro groups is 1. The quantitative estimate of drug-likeness (QED) is 0.666. The van der Waals surface area contributed by atoms with Gasteiger partial charge in [-0.15, -0.1) is 0 Å². The van der Waals surface area contributed by atoms with Crippen LogP contribution < -0.4 is 10.5 Å². The lowest BCUT2D eigenvalue weighted by atomic mass is 10.3. The molecular formula is C11H8FN3O3. The van der Waals surface area contributed by atoms with Crippen molar-refractivity contribution in [2.75, 3.05) is 5.73 Å². The van der Waals surface area contributed by atoms with E-state index in [1.807, 2.05) is 0 Å². The van der Waals surface area contributed by atoms with Crippen molar-refractivity contribution in [3.8, 4) is 11.6 Å². The van der Waals surface area contributed by atoms with Gasteiger partial charge in [0.2, 0.25) is 11.7 Å². The Kier molecular flexibility index (Phi) is 3.05. The molecule has 0 atom stereocenters. The monoisotopic (exact) mass is 249 g/mol. The van der Waals surface area contributed by atoms with Gasteiger partial charge in [-0.25, -0.2) is 4.39 Å². The summed E-state index contributed by atoms with van der Waals surface area (Å²) in [6, 6.07) is 7.79. The number of rotatable bonds is 3. The third kappa shape index (κ3) is 2.51. The zero-order valence-electron chi connectivity index (χ0n) is 9.04. The van der Waals surface area contributed by atoms with Crippen LogP contribution in [-0.4, -0.2) is 9.91 Å². The van der Waals surface area contributed by atoms with Crippen molar-refractivity contribution in [1.82, 2.24) is 4.98 Å². The van der Waals surface area contributed by atoms with Crippen molar-refractivity contribution in [3.05, 3.63) is 52.3 Å². The van der Waals surface area contributed by atoms with Crippen LogP contribution in [0.25, 0.3) is 0 Å². The largest absolute Gasteiger partial charge is 0.439 e. The Hall–Kier alpha value is -2.70. The first-order valence-electron chi connectivity index (χ1n) is 4.90. The zero-order chi connectivity index (χ0) is 13.1. The average molecular weight is 249 g/mol. The summed E-state index contributed by atoms with van der Waals surface area (Å²) in [5.41, 5.74) is 5.12. The fourth-order valence-electron chi connectivity index (χ4n) is 1.28. The molecular weight excluding hydrogens is 241 g/mol. The van der Waals surface area contributed by atoms with Crippen LogP contribution in [0.1, 0.15) is 0 Å². The topological polar surface area (TPSA) is 91.3 Å². The lowest BCUT2D eigenvalue weighted by molar-refractivity contribution is -0.384. The zero-order valence-corrected chi connectivity index (χ0v) is 9.04. The number of hydrogen-bond donors (Lipinski definition) is 1. The van der Waals surface area contributed by atoms with Crippen LogP contribution in [0.5, 0.6) is 11.6 Å². The maximum Gasteiger partial charge on any atom is 0.311 e. The fourth-order valence-corrected chi connectivity index (χ4v) is 1.28. The number of hydrogen-bond acceptors (Lipinski definition) is 5. The second-order valence-electron chi connectivity index (χ2n) is 3.37. The van der Waals surface area contributed by atoms with Crippen LogP contribution in [0.3, 0.4) is 0 Å². The summed E-state index contributed by atoms with van der Waals surface area (Å²) in [5, 5.41) is 10.5. The highest BCUT2D eigenvalue weighted by atomic mass is 19.1. The van der Waals surface area contributed by atoms with Crippen LogP contribution >= 0.6 is 0 Å². The number of benzene rings is 1. The van der Waals surface area contributed by atoms with E-state index >= 15 is 0 Å². The molecule has 0 saturated heterocycles. The molecule has 0 fully saturated rings. The first kappa shape index (κ1) is 11.8. The van der Waals surface area contributed by atoms with Gasteiger partial charge in [0.1, 0.15) is 11.6 Å². The number of nitrogens with two attached hydrogens (primary N) is 1. The van der Waals surface area contributed by atoms with E-state index in [2.05, 4.69) is 4.98 Å². The highest BCUT2D eigenvalue weighted by Crippen LogP contribution is 2.25. The predicted octanol–water partition coefficient (Wildman–Crippen LogP) is 2.50. The number of aromatic nitrogens is 1. The summed E-state index contributed by atoms with van der Waals surface area (Å²) in [6.45, 7) is 0. The van der Waals surface area contributed by atoms with Gasteiger partial charge in [-0.1, -0.05) is 0 Å². The second kappa shape index (κ2) is 4.66. The van der Waals surface area contributed by atoms with E-state index in [4.69, 9.17) is 10.5 Å². The van der Waals surface area contributed by atoms with Crippen molar-refractivity contribution >= 4 is 11.5 Å². The number of ether oxygens (including phenoxy) is 1. The lowest BCUT2D eigenvalue weighted by Crippen LogP contribution is -1.99. The summed E-state index contributed by atoms with van der Waals surface area (Å²) in [5.74, 6) is -0.167. The molecule has 0 saturated carbocycles. The van der Waals surface area contributed by atoms with Gasteiger partial charge < -0.3 is 10.5 Å². The molecule has 2 rings (SSSR count). The Bertz CT molecular complexity index is 587. The van der Waals surface area contributed by atoms with E-state index in [9.17, 15) is 14.5 Å². The standard InChI is InChI=1S/C11H8FN3O3/c12-7-1-3-8(4-2-7)18-10-6-5-9(15(16)17)11(13)14-10/h1-6H,(H2,13,14). The molecule has 1 heterocycles. The minimum atomic E-state index is -0.635. The van der Waals surface area contributed by atoms with Crippen molar-refractivity contribution in [1.29, 1.82) is 0 Å². The molecule has 0 radical (unpaired) electrons. The van der Waals surface area contributed by atoms with Gasteiger partial charge in [0.25, 0.3) is 0 Å². The molecule has 2 N–H and O–H groups in total. The molecule has 0 spiro atoms.